The molecule has 0 spiro atoms. The summed E-state index contributed by atoms with van der Waals surface area (Å²) in [6.07, 6.45) is 9.86. The maximum Gasteiger partial charge on any atom is 0.133 e. The number of fused-ring (bicyclic) bond motifs is 1. The van der Waals surface area contributed by atoms with E-state index in [0.717, 1.165) is 39.8 Å². The van der Waals surface area contributed by atoms with Gasteiger partial charge in [0.15, 0.2) is 0 Å². The number of phenols is 1. The molecule has 0 aromatic heterocycles. The lowest BCUT2D eigenvalue weighted by atomic mass is 9.87. The van der Waals surface area contributed by atoms with Gasteiger partial charge >= 0.3 is 0 Å². The van der Waals surface area contributed by atoms with Crippen molar-refractivity contribution in [2.45, 2.75) is 62.2 Å². The van der Waals surface area contributed by atoms with E-state index in [-0.39, 0.29) is 5.75 Å². The summed E-state index contributed by atoms with van der Waals surface area (Å²) in [7, 11) is 1.70. The van der Waals surface area contributed by atoms with E-state index in [4.69, 9.17) is 4.74 Å². The highest BCUT2D eigenvalue weighted by molar-refractivity contribution is 7.99. The average Bonchev–Trinajstić information content (AvgIpc) is 2.86. The fourth-order valence-electron chi connectivity index (χ4n) is 5.32. The van der Waals surface area contributed by atoms with Crippen LogP contribution in [0.2, 0.25) is 0 Å². The second-order valence-electron chi connectivity index (χ2n) is 9.73. The molecule has 1 aliphatic rings. The third-order valence-corrected chi connectivity index (χ3v) is 8.64. The summed E-state index contributed by atoms with van der Waals surface area (Å²) in [5.74, 6) is 1.05. The highest BCUT2D eigenvalue weighted by Crippen LogP contribution is 2.45. The number of rotatable bonds is 5. The van der Waals surface area contributed by atoms with E-state index in [9.17, 15) is 5.11 Å². The van der Waals surface area contributed by atoms with Gasteiger partial charge in [-0.3, -0.25) is 0 Å². The van der Waals surface area contributed by atoms with Crippen LogP contribution in [0.5, 0.6) is 11.5 Å². The Balaban J connectivity index is 1.69. The second kappa shape index (κ2) is 10.8. The monoisotopic (exact) mass is 494 g/mol. The number of hydrogen-bond acceptors (Lipinski definition) is 3. The molecule has 0 atom stereocenters. The summed E-state index contributed by atoms with van der Waals surface area (Å²) in [4.78, 5) is 2.30. The molecule has 0 saturated carbocycles. The molecule has 5 rings (SSSR count). The van der Waals surface area contributed by atoms with Gasteiger partial charge in [-0.15, -0.1) is 0 Å². The van der Waals surface area contributed by atoms with E-state index >= 15 is 0 Å². The first-order valence-corrected chi connectivity index (χ1v) is 13.7. The van der Waals surface area contributed by atoms with Crippen molar-refractivity contribution in [2.75, 3.05) is 7.11 Å². The number of allylic oxidation sites excluding steroid dienone is 2. The minimum absolute atomic E-state index is 0.276. The smallest absolute Gasteiger partial charge is 0.133 e. The predicted octanol–water partition coefficient (Wildman–Crippen LogP) is 9.73. The van der Waals surface area contributed by atoms with Crippen LogP contribution in [0, 0.1) is 13.8 Å². The minimum atomic E-state index is 0.276. The third kappa shape index (κ3) is 4.90. The van der Waals surface area contributed by atoms with Crippen LogP contribution in [-0.4, -0.2) is 12.2 Å². The van der Waals surface area contributed by atoms with Crippen molar-refractivity contribution in [1.82, 2.24) is 0 Å². The van der Waals surface area contributed by atoms with Crippen LogP contribution >= 0.6 is 11.8 Å². The quantitative estimate of drug-likeness (QED) is 0.299. The Morgan fingerprint density at radius 2 is 1.50 bits per heavy atom. The van der Waals surface area contributed by atoms with Crippen molar-refractivity contribution >= 4 is 28.1 Å². The molecule has 1 N–H and O–H groups in total. The van der Waals surface area contributed by atoms with Crippen molar-refractivity contribution in [2.24, 2.45) is 0 Å². The number of hydrogen-bond donors (Lipinski definition) is 1. The first kappa shape index (κ1) is 24.5. The minimum Gasteiger partial charge on any atom is -0.507 e. The summed E-state index contributed by atoms with van der Waals surface area (Å²) < 4.78 is 5.81. The van der Waals surface area contributed by atoms with Crippen LogP contribution in [0.1, 0.15) is 55.2 Å². The van der Waals surface area contributed by atoms with Gasteiger partial charge in [-0.1, -0.05) is 79.2 Å². The SMILES string of the molecule is COc1cc2c(O)ccc(-c3ccccc3/C3=C/CCCCCC3)c2cc1Sc1c(C)cccc1C. The fourth-order valence-corrected chi connectivity index (χ4v) is 6.41. The zero-order valence-electron chi connectivity index (χ0n) is 21.4. The number of aryl methyl sites for hydroxylation is 2. The molecule has 0 fully saturated rings. The van der Waals surface area contributed by atoms with Gasteiger partial charge in [0.1, 0.15) is 11.5 Å². The molecule has 3 heteroatoms. The van der Waals surface area contributed by atoms with E-state index in [1.807, 2.05) is 12.1 Å². The summed E-state index contributed by atoms with van der Waals surface area (Å²) in [6.45, 7) is 4.30. The molecule has 2 nitrogen and oxygen atoms in total. The average molecular weight is 495 g/mol. The van der Waals surface area contributed by atoms with Crippen molar-refractivity contribution in [1.29, 1.82) is 0 Å². The van der Waals surface area contributed by atoms with Gasteiger partial charge in [0.2, 0.25) is 0 Å². The van der Waals surface area contributed by atoms with Crippen LogP contribution in [-0.2, 0) is 0 Å². The zero-order valence-corrected chi connectivity index (χ0v) is 22.3. The zero-order chi connectivity index (χ0) is 25.1. The molecule has 184 valence electrons. The Labute approximate surface area is 219 Å². The van der Waals surface area contributed by atoms with Gasteiger partial charge in [0, 0.05) is 10.3 Å². The lowest BCUT2D eigenvalue weighted by molar-refractivity contribution is 0.405. The maximum atomic E-state index is 10.8. The van der Waals surface area contributed by atoms with Gasteiger partial charge in [0.25, 0.3) is 0 Å². The molecule has 0 saturated heterocycles. The van der Waals surface area contributed by atoms with E-state index in [1.54, 1.807) is 18.9 Å². The molecular weight excluding hydrogens is 460 g/mol. The summed E-state index contributed by atoms with van der Waals surface area (Å²) in [5.41, 5.74) is 7.63. The maximum absolute atomic E-state index is 10.8. The lowest BCUT2D eigenvalue weighted by Gasteiger charge is -2.19. The third-order valence-electron chi connectivity index (χ3n) is 7.25. The summed E-state index contributed by atoms with van der Waals surface area (Å²) in [5, 5.41) is 12.7. The van der Waals surface area contributed by atoms with E-state index in [1.165, 1.54) is 58.4 Å². The molecule has 36 heavy (non-hydrogen) atoms. The second-order valence-corrected chi connectivity index (χ2v) is 10.8. The Morgan fingerprint density at radius 1 is 0.750 bits per heavy atom. The van der Waals surface area contributed by atoms with Gasteiger partial charge in [-0.2, -0.15) is 0 Å². The molecule has 0 radical (unpaired) electrons. The molecule has 0 aliphatic heterocycles. The van der Waals surface area contributed by atoms with Crippen molar-refractivity contribution in [3.8, 4) is 22.6 Å². The number of benzene rings is 4. The van der Waals surface area contributed by atoms with Gasteiger partial charge < -0.3 is 9.84 Å². The highest BCUT2D eigenvalue weighted by Gasteiger charge is 2.18. The topological polar surface area (TPSA) is 29.5 Å². The molecule has 0 amide bonds. The van der Waals surface area contributed by atoms with Crippen LogP contribution in [0.25, 0.3) is 27.5 Å². The normalized spacial score (nSPS) is 15.7. The van der Waals surface area contributed by atoms with Crippen LogP contribution in [0.4, 0.5) is 0 Å². The van der Waals surface area contributed by atoms with Gasteiger partial charge in [0.05, 0.1) is 12.0 Å². The molecule has 4 aromatic rings. The number of ether oxygens (including phenoxy) is 1. The first-order valence-electron chi connectivity index (χ1n) is 12.9. The van der Waals surface area contributed by atoms with Gasteiger partial charge in [-0.25, -0.2) is 0 Å². The lowest BCUT2D eigenvalue weighted by Crippen LogP contribution is -1.95. The molecule has 4 aromatic carbocycles. The predicted molar refractivity (Wildman–Crippen MR) is 153 cm³/mol. The fraction of sp³-hybridized carbons (Fsp3) is 0.273. The number of phenolic OH excluding ortho intramolecular Hbond substituents is 1. The summed E-state index contributed by atoms with van der Waals surface area (Å²) in [6, 6.07) is 23.2. The molecular formula is C33H34O2S. The summed E-state index contributed by atoms with van der Waals surface area (Å²) >= 11 is 1.74. The molecule has 1 aliphatic carbocycles. The van der Waals surface area contributed by atoms with E-state index in [2.05, 4.69) is 74.5 Å². The largest absolute Gasteiger partial charge is 0.507 e. The standard InChI is InChI=1S/C33H34O2S/c1-22-12-11-13-23(2)33(22)36-32-21-28-27(18-19-30(34)29(28)20-31(32)35-3)26-17-10-9-16-25(26)24-14-7-5-4-6-8-15-24/h9-14,16-21,34H,4-8,15H2,1-3H3/b24-14+. The number of methoxy groups -OCH3 is 1. The molecule has 0 bridgehead atoms. The Hall–Kier alpha value is -3.17. The Morgan fingerprint density at radius 3 is 2.28 bits per heavy atom. The van der Waals surface area contributed by atoms with Crippen LogP contribution < -0.4 is 4.74 Å². The molecule has 0 unspecified atom stereocenters. The number of aromatic hydroxyl groups is 1. The van der Waals surface area contributed by atoms with Crippen LogP contribution in [0.3, 0.4) is 0 Å². The van der Waals surface area contributed by atoms with E-state index in [0.29, 0.717) is 0 Å². The molecule has 0 heterocycles. The van der Waals surface area contributed by atoms with Gasteiger partial charge in [-0.05, 0) is 96.5 Å². The van der Waals surface area contributed by atoms with Crippen molar-refractivity contribution in [3.05, 3.63) is 89.5 Å². The van der Waals surface area contributed by atoms with Crippen molar-refractivity contribution < 1.29 is 9.84 Å². The highest BCUT2D eigenvalue weighted by atomic mass is 32.2. The van der Waals surface area contributed by atoms with Crippen molar-refractivity contribution in [3.63, 3.8) is 0 Å². The first-order chi connectivity index (χ1) is 17.6. The van der Waals surface area contributed by atoms with E-state index < -0.39 is 0 Å². The Kier molecular flexibility index (Phi) is 7.38. The Bertz CT molecular complexity index is 1410. The van der Waals surface area contributed by atoms with Crippen LogP contribution in [0.15, 0.2) is 82.6 Å².